The van der Waals surface area contributed by atoms with E-state index in [-0.39, 0.29) is 41.0 Å². The van der Waals surface area contributed by atoms with E-state index in [0.29, 0.717) is 11.1 Å². The molecule has 0 aliphatic carbocycles. The number of benzene rings is 1. The van der Waals surface area contributed by atoms with Crippen molar-refractivity contribution in [2.45, 2.75) is 50.9 Å². The second-order valence-corrected chi connectivity index (χ2v) is 8.89. The summed E-state index contributed by atoms with van der Waals surface area (Å²) in [5.74, 6) is -2.72. The van der Waals surface area contributed by atoms with Crippen molar-refractivity contribution in [2.75, 3.05) is 0 Å². The molecule has 13 heteroatoms. The lowest BCUT2D eigenvalue weighted by Gasteiger charge is -2.24. The number of nitrogens with zero attached hydrogens (tertiary/aromatic N) is 2. The average Bonchev–Trinajstić information content (AvgIpc) is 2.72. The molecule has 34 heavy (non-hydrogen) atoms. The molecule has 182 valence electrons. The first-order chi connectivity index (χ1) is 15.8. The zero-order chi connectivity index (χ0) is 25.3. The molecule has 1 aromatic carbocycles. The molecule has 1 aromatic heterocycles. The summed E-state index contributed by atoms with van der Waals surface area (Å²) in [4.78, 5) is 43.7. The quantitative estimate of drug-likeness (QED) is 0.562. The largest absolute Gasteiger partial charge is 0.574 e. The zero-order valence-corrected chi connectivity index (χ0v) is 19.4. The van der Waals surface area contributed by atoms with Crippen LogP contribution in [0.1, 0.15) is 49.4 Å². The summed E-state index contributed by atoms with van der Waals surface area (Å²) < 4.78 is 40.5. The number of halogens is 5. The standard InChI is InChI=1S/C21H19Cl2F3N4O4/c1-20(2,14-8-28-16(9-27-14)34-21(24,25)26)19(33)29-7-10-5-12(22)17(13(23)6-10)11-3-4-15(31)30-18(11)32/h5-6,8-9,11H,3-4,7H2,1-2H3,(H,29,33)(H,30,31,32). The summed E-state index contributed by atoms with van der Waals surface area (Å²) in [6.07, 6.45) is -2.64. The van der Waals surface area contributed by atoms with Gasteiger partial charge in [-0.3, -0.25) is 24.7 Å². The lowest BCUT2D eigenvalue weighted by Crippen LogP contribution is -2.40. The average molecular weight is 519 g/mol. The monoisotopic (exact) mass is 518 g/mol. The highest BCUT2D eigenvalue weighted by atomic mass is 35.5. The van der Waals surface area contributed by atoms with Crippen molar-refractivity contribution >= 4 is 40.9 Å². The molecule has 3 amide bonds. The van der Waals surface area contributed by atoms with Crippen LogP contribution in [-0.4, -0.2) is 34.1 Å². The number of carbonyl (C=O) groups is 3. The van der Waals surface area contributed by atoms with Gasteiger partial charge in [-0.1, -0.05) is 23.2 Å². The maximum atomic E-state index is 12.8. The first-order valence-electron chi connectivity index (χ1n) is 9.96. The number of carbonyl (C=O) groups excluding carboxylic acids is 3. The van der Waals surface area contributed by atoms with Gasteiger partial charge in [-0.05, 0) is 38.0 Å². The van der Waals surface area contributed by atoms with E-state index in [1.54, 1.807) is 12.1 Å². The van der Waals surface area contributed by atoms with Crippen LogP contribution in [0.4, 0.5) is 13.2 Å². The summed E-state index contributed by atoms with van der Waals surface area (Å²) >= 11 is 12.7. The van der Waals surface area contributed by atoms with E-state index in [4.69, 9.17) is 23.2 Å². The Kier molecular flexibility index (Phi) is 7.37. The number of rotatable bonds is 6. The lowest BCUT2D eigenvalue weighted by molar-refractivity contribution is -0.276. The minimum atomic E-state index is -4.90. The number of imide groups is 1. The third-order valence-electron chi connectivity index (χ3n) is 5.24. The molecule has 1 aliphatic heterocycles. The van der Waals surface area contributed by atoms with Gasteiger partial charge in [0.15, 0.2) is 0 Å². The lowest BCUT2D eigenvalue weighted by atomic mass is 9.88. The van der Waals surface area contributed by atoms with Gasteiger partial charge in [-0.25, -0.2) is 4.98 Å². The van der Waals surface area contributed by atoms with E-state index in [1.165, 1.54) is 13.8 Å². The number of hydrogen-bond acceptors (Lipinski definition) is 6. The molecule has 0 saturated carbocycles. The number of ether oxygens (including phenoxy) is 1. The van der Waals surface area contributed by atoms with Crippen molar-refractivity contribution < 1.29 is 32.3 Å². The molecule has 0 bridgehead atoms. The van der Waals surface area contributed by atoms with Gasteiger partial charge in [0, 0.05) is 28.6 Å². The maximum absolute atomic E-state index is 12.8. The Morgan fingerprint density at radius 3 is 2.35 bits per heavy atom. The van der Waals surface area contributed by atoms with Crippen LogP contribution in [0, 0.1) is 0 Å². The Balaban J connectivity index is 1.69. The summed E-state index contributed by atoms with van der Waals surface area (Å²) in [5, 5.41) is 5.39. The fraction of sp³-hybridized carbons (Fsp3) is 0.381. The van der Waals surface area contributed by atoms with Gasteiger partial charge in [0.2, 0.25) is 23.6 Å². The number of aromatic nitrogens is 2. The molecule has 1 saturated heterocycles. The van der Waals surface area contributed by atoms with E-state index in [1.807, 2.05) is 0 Å². The highest BCUT2D eigenvalue weighted by Crippen LogP contribution is 2.37. The van der Waals surface area contributed by atoms with Crippen LogP contribution in [0.5, 0.6) is 5.88 Å². The van der Waals surface area contributed by atoms with Crippen LogP contribution in [0.15, 0.2) is 24.5 Å². The second-order valence-electron chi connectivity index (χ2n) is 8.07. The summed E-state index contributed by atoms with van der Waals surface area (Å²) in [6.45, 7) is 3.09. The van der Waals surface area contributed by atoms with Crippen molar-refractivity contribution in [3.63, 3.8) is 0 Å². The first kappa shape index (κ1) is 25.7. The van der Waals surface area contributed by atoms with Crippen LogP contribution < -0.4 is 15.4 Å². The molecule has 1 atom stereocenters. The normalized spacial score (nSPS) is 16.7. The molecular formula is C21H19Cl2F3N4O4. The van der Waals surface area contributed by atoms with Crippen LogP contribution in [0.2, 0.25) is 10.0 Å². The first-order valence-corrected chi connectivity index (χ1v) is 10.7. The Morgan fingerprint density at radius 2 is 1.82 bits per heavy atom. The molecule has 0 radical (unpaired) electrons. The van der Waals surface area contributed by atoms with Gasteiger partial charge in [0.1, 0.15) is 0 Å². The van der Waals surface area contributed by atoms with Gasteiger partial charge in [-0.2, -0.15) is 0 Å². The highest BCUT2D eigenvalue weighted by Gasteiger charge is 2.35. The van der Waals surface area contributed by atoms with Crippen LogP contribution in [-0.2, 0) is 26.3 Å². The van der Waals surface area contributed by atoms with Crippen LogP contribution >= 0.6 is 23.2 Å². The fourth-order valence-corrected chi connectivity index (χ4v) is 4.17. The minimum Gasteiger partial charge on any atom is -0.386 e. The maximum Gasteiger partial charge on any atom is 0.574 e. The molecule has 1 unspecified atom stereocenters. The number of nitrogens with one attached hydrogen (secondary N) is 2. The van der Waals surface area contributed by atoms with E-state index in [2.05, 4.69) is 25.3 Å². The molecule has 1 fully saturated rings. The third kappa shape index (κ3) is 5.95. The van der Waals surface area contributed by atoms with Crippen LogP contribution in [0.3, 0.4) is 0 Å². The predicted octanol–water partition coefficient (Wildman–Crippen LogP) is 3.80. The summed E-state index contributed by atoms with van der Waals surface area (Å²) in [7, 11) is 0. The minimum absolute atomic E-state index is 0.0278. The predicted molar refractivity (Wildman–Crippen MR) is 115 cm³/mol. The van der Waals surface area contributed by atoms with E-state index in [9.17, 15) is 27.6 Å². The Morgan fingerprint density at radius 1 is 1.18 bits per heavy atom. The van der Waals surface area contributed by atoms with E-state index in [0.717, 1.165) is 12.4 Å². The molecule has 2 aromatic rings. The summed E-state index contributed by atoms with van der Waals surface area (Å²) in [6, 6.07) is 3.12. The van der Waals surface area contributed by atoms with E-state index >= 15 is 0 Å². The highest BCUT2D eigenvalue weighted by molar-refractivity contribution is 6.36. The molecule has 1 aliphatic rings. The number of hydrogen-bond donors (Lipinski definition) is 2. The molecule has 2 heterocycles. The second kappa shape index (κ2) is 9.75. The van der Waals surface area contributed by atoms with Gasteiger partial charge in [-0.15, -0.1) is 13.2 Å². The number of alkyl halides is 3. The Hall–Kier alpha value is -2.92. The Labute approximate surface area is 202 Å². The molecule has 3 rings (SSSR count). The van der Waals surface area contributed by atoms with Gasteiger partial charge < -0.3 is 10.1 Å². The molecular weight excluding hydrogens is 500 g/mol. The fourth-order valence-electron chi connectivity index (χ4n) is 3.37. The van der Waals surface area contributed by atoms with Gasteiger partial charge >= 0.3 is 6.36 Å². The molecule has 0 spiro atoms. The van der Waals surface area contributed by atoms with Crippen molar-refractivity contribution in [1.29, 1.82) is 0 Å². The third-order valence-corrected chi connectivity index (χ3v) is 5.86. The summed E-state index contributed by atoms with van der Waals surface area (Å²) in [5.41, 5.74) is -0.150. The Bertz CT molecular complexity index is 1100. The number of amides is 3. The molecule has 8 nitrogen and oxygen atoms in total. The SMILES string of the molecule is CC(C)(C(=O)NCc1cc(Cl)c(C2CCC(=O)NC2=O)c(Cl)c1)c1cnc(OC(F)(F)F)cn1. The van der Waals surface area contributed by atoms with Crippen LogP contribution in [0.25, 0.3) is 0 Å². The van der Waals surface area contributed by atoms with Crippen molar-refractivity contribution in [3.05, 3.63) is 51.4 Å². The smallest absolute Gasteiger partial charge is 0.386 e. The van der Waals surface area contributed by atoms with Gasteiger partial charge in [0.25, 0.3) is 0 Å². The molecule has 2 N–H and O–H groups in total. The van der Waals surface area contributed by atoms with Crippen molar-refractivity contribution in [1.82, 2.24) is 20.6 Å². The zero-order valence-electron chi connectivity index (χ0n) is 17.9. The van der Waals surface area contributed by atoms with Crippen molar-refractivity contribution in [2.24, 2.45) is 0 Å². The van der Waals surface area contributed by atoms with Gasteiger partial charge in [0.05, 0.1) is 29.4 Å². The topological polar surface area (TPSA) is 110 Å². The van der Waals surface area contributed by atoms with Crippen molar-refractivity contribution in [3.8, 4) is 5.88 Å². The number of piperidine rings is 1. The van der Waals surface area contributed by atoms with E-state index < -0.39 is 35.4 Å².